The number of hydrogen-bond donors (Lipinski definition) is 0. The lowest BCUT2D eigenvalue weighted by atomic mass is 10.2. The zero-order valence-corrected chi connectivity index (χ0v) is 14.6. The maximum Gasteiger partial charge on any atom is 0.146 e. The lowest BCUT2D eigenvalue weighted by Crippen LogP contribution is -1.95. The maximum atomic E-state index is 6.11. The number of imidazole rings is 1. The molecule has 122 valence electrons. The summed E-state index contributed by atoms with van der Waals surface area (Å²) in [7, 11) is 0. The van der Waals surface area contributed by atoms with E-state index < -0.39 is 0 Å². The molecule has 3 aromatic rings. The Morgan fingerprint density at radius 1 is 1.12 bits per heavy atom. The molecule has 0 aliphatic heterocycles. The Bertz CT molecular complexity index is 854. The first-order chi connectivity index (χ1) is 11.6. The van der Waals surface area contributed by atoms with Gasteiger partial charge in [-0.2, -0.15) is 0 Å². The van der Waals surface area contributed by atoms with E-state index >= 15 is 0 Å². The molecule has 0 N–H and O–H groups in total. The molecule has 0 atom stereocenters. The quantitative estimate of drug-likeness (QED) is 0.558. The zero-order valence-electron chi connectivity index (χ0n) is 13.1. The number of aryl methyl sites for hydroxylation is 1. The number of rotatable bonds is 5. The molecule has 0 radical (unpaired) electrons. The van der Waals surface area contributed by atoms with Crippen LogP contribution in [0.25, 0.3) is 6.08 Å². The van der Waals surface area contributed by atoms with Gasteiger partial charge in [0, 0.05) is 24.0 Å². The number of nitrogens with zero attached hydrogens (tertiary/aromatic N) is 2. The fraction of sp³-hybridized carbons (Fsp3) is 0.105. The second kappa shape index (κ2) is 7.56. The van der Waals surface area contributed by atoms with Gasteiger partial charge < -0.3 is 9.30 Å². The number of benzene rings is 2. The van der Waals surface area contributed by atoms with Crippen molar-refractivity contribution in [3.05, 3.63) is 82.4 Å². The fourth-order valence-electron chi connectivity index (χ4n) is 2.23. The van der Waals surface area contributed by atoms with Gasteiger partial charge in [-0.25, -0.2) is 4.98 Å². The second-order valence-corrected chi connectivity index (χ2v) is 6.12. The standard InChI is InChI=1S/C19H16Cl2N2O/c1-14-22-10-12-23(14)11-2-3-15-4-7-17(8-5-15)24-19-9-6-16(20)13-18(19)21/h2-10,12-13H,11H2,1H3. The van der Waals surface area contributed by atoms with Crippen molar-refractivity contribution in [3.8, 4) is 11.5 Å². The maximum absolute atomic E-state index is 6.11. The van der Waals surface area contributed by atoms with Crippen LogP contribution in [-0.2, 0) is 6.54 Å². The Hall–Kier alpha value is -2.23. The highest BCUT2D eigenvalue weighted by atomic mass is 35.5. The topological polar surface area (TPSA) is 27.1 Å². The van der Waals surface area contributed by atoms with E-state index in [-0.39, 0.29) is 0 Å². The molecule has 1 aromatic heterocycles. The average molecular weight is 359 g/mol. The van der Waals surface area contributed by atoms with Crippen LogP contribution in [-0.4, -0.2) is 9.55 Å². The van der Waals surface area contributed by atoms with Crippen molar-refractivity contribution in [1.82, 2.24) is 9.55 Å². The summed E-state index contributed by atoms with van der Waals surface area (Å²) in [6.45, 7) is 2.78. The van der Waals surface area contributed by atoms with E-state index in [1.165, 1.54) is 0 Å². The summed E-state index contributed by atoms with van der Waals surface area (Å²) < 4.78 is 7.85. The van der Waals surface area contributed by atoms with Gasteiger partial charge in [-0.1, -0.05) is 47.5 Å². The van der Waals surface area contributed by atoms with Crippen molar-refractivity contribution in [1.29, 1.82) is 0 Å². The molecule has 5 heteroatoms. The number of aromatic nitrogens is 2. The van der Waals surface area contributed by atoms with E-state index in [4.69, 9.17) is 27.9 Å². The molecule has 24 heavy (non-hydrogen) atoms. The van der Waals surface area contributed by atoms with Crippen molar-refractivity contribution in [2.24, 2.45) is 0 Å². The first kappa shape index (κ1) is 16.6. The molecule has 0 aliphatic rings. The number of allylic oxidation sites excluding steroid dienone is 1. The summed E-state index contributed by atoms with van der Waals surface area (Å²) in [5.74, 6) is 2.31. The van der Waals surface area contributed by atoms with Crippen LogP contribution in [0, 0.1) is 6.92 Å². The molecule has 1 heterocycles. The van der Waals surface area contributed by atoms with E-state index in [9.17, 15) is 0 Å². The predicted molar refractivity (Wildman–Crippen MR) is 99.0 cm³/mol. The van der Waals surface area contributed by atoms with Gasteiger partial charge in [0.25, 0.3) is 0 Å². The molecule has 0 saturated heterocycles. The number of halogens is 2. The lowest BCUT2D eigenvalue weighted by Gasteiger charge is -2.08. The Morgan fingerprint density at radius 2 is 1.92 bits per heavy atom. The van der Waals surface area contributed by atoms with Crippen LogP contribution in [0.15, 0.2) is 60.9 Å². The normalized spacial score (nSPS) is 11.1. The summed E-state index contributed by atoms with van der Waals surface area (Å²) >= 11 is 12.0. The number of ether oxygens (including phenoxy) is 1. The van der Waals surface area contributed by atoms with Gasteiger partial charge in [-0.3, -0.25) is 0 Å². The number of hydrogen-bond acceptors (Lipinski definition) is 2. The van der Waals surface area contributed by atoms with Crippen molar-refractivity contribution >= 4 is 29.3 Å². The molecule has 0 spiro atoms. The molecule has 3 nitrogen and oxygen atoms in total. The highest BCUT2D eigenvalue weighted by Gasteiger charge is 2.03. The minimum Gasteiger partial charge on any atom is -0.456 e. The summed E-state index contributed by atoms with van der Waals surface area (Å²) in [6, 6.07) is 13.0. The van der Waals surface area contributed by atoms with Crippen molar-refractivity contribution in [2.45, 2.75) is 13.5 Å². The first-order valence-electron chi connectivity index (χ1n) is 7.49. The molecule has 0 aliphatic carbocycles. The van der Waals surface area contributed by atoms with Crippen LogP contribution in [0.3, 0.4) is 0 Å². The van der Waals surface area contributed by atoms with E-state index in [1.54, 1.807) is 24.4 Å². The molecular weight excluding hydrogens is 343 g/mol. The van der Waals surface area contributed by atoms with E-state index in [2.05, 4.69) is 21.7 Å². The summed E-state index contributed by atoms with van der Waals surface area (Å²) in [5, 5.41) is 1.07. The molecule has 0 fully saturated rings. The first-order valence-corrected chi connectivity index (χ1v) is 8.24. The monoisotopic (exact) mass is 358 g/mol. The third kappa shape index (κ3) is 4.19. The van der Waals surface area contributed by atoms with Crippen LogP contribution in [0.1, 0.15) is 11.4 Å². The molecule has 0 saturated carbocycles. The average Bonchev–Trinajstić information content (AvgIpc) is 2.97. The third-order valence-corrected chi connectivity index (χ3v) is 4.07. The Labute approximate surface area is 151 Å². The van der Waals surface area contributed by atoms with Gasteiger partial charge in [0.15, 0.2) is 0 Å². The van der Waals surface area contributed by atoms with Crippen LogP contribution in [0.5, 0.6) is 11.5 Å². The van der Waals surface area contributed by atoms with Crippen molar-refractivity contribution in [2.75, 3.05) is 0 Å². The SMILES string of the molecule is Cc1nccn1CC=Cc1ccc(Oc2ccc(Cl)cc2Cl)cc1. The van der Waals surface area contributed by atoms with Gasteiger partial charge in [0.1, 0.15) is 17.3 Å². The minimum absolute atomic E-state index is 0.488. The Balaban J connectivity index is 1.63. The minimum atomic E-state index is 0.488. The van der Waals surface area contributed by atoms with Gasteiger partial charge in [0.2, 0.25) is 0 Å². The molecular formula is C19H16Cl2N2O. The van der Waals surface area contributed by atoms with E-state index in [1.807, 2.05) is 37.4 Å². The zero-order chi connectivity index (χ0) is 16.9. The molecule has 0 amide bonds. The van der Waals surface area contributed by atoms with Crippen LogP contribution in [0.2, 0.25) is 10.0 Å². The largest absolute Gasteiger partial charge is 0.456 e. The Kier molecular flexibility index (Phi) is 5.24. The van der Waals surface area contributed by atoms with Gasteiger partial charge >= 0.3 is 0 Å². The van der Waals surface area contributed by atoms with Crippen LogP contribution in [0.4, 0.5) is 0 Å². The highest BCUT2D eigenvalue weighted by Crippen LogP contribution is 2.31. The van der Waals surface area contributed by atoms with Crippen LogP contribution >= 0.6 is 23.2 Å². The molecule has 0 unspecified atom stereocenters. The van der Waals surface area contributed by atoms with Gasteiger partial charge in [0.05, 0.1) is 5.02 Å². The smallest absolute Gasteiger partial charge is 0.146 e. The summed E-state index contributed by atoms with van der Waals surface area (Å²) in [6.07, 6.45) is 7.93. The van der Waals surface area contributed by atoms with Crippen molar-refractivity contribution in [3.63, 3.8) is 0 Å². The molecule has 2 aromatic carbocycles. The van der Waals surface area contributed by atoms with Gasteiger partial charge in [-0.15, -0.1) is 0 Å². The van der Waals surface area contributed by atoms with Gasteiger partial charge in [-0.05, 0) is 42.8 Å². The highest BCUT2D eigenvalue weighted by molar-refractivity contribution is 6.35. The van der Waals surface area contributed by atoms with E-state index in [0.717, 1.165) is 23.7 Å². The summed E-state index contributed by atoms with van der Waals surface area (Å²) in [4.78, 5) is 4.20. The Morgan fingerprint density at radius 3 is 2.58 bits per heavy atom. The second-order valence-electron chi connectivity index (χ2n) is 5.28. The van der Waals surface area contributed by atoms with Crippen molar-refractivity contribution < 1.29 is 4.74 Å². The lowest BCUT2D eigenvalue weighted by molar-refractivity contribution is 0.483. The fourth-order valence-corrected chi connectivity index (χ4v) is 2.68. The molecule has 0 bridgehead atoms. The predicted octanol–water partition coefficient (Wildman–Crippen LogP) is 6.00. The third-order valence-electron chi connectivity index (χ3n) is 3.54. The molecule has 3 rings (SSSR count). The van der Waals surface area contributed by atoms with E-state index in [0.29, 0.717) is 15.8 Å². The summed E-state index contributed by atoms with van der Waals surface area (Å²) in [5.41, 5.74) is 1.10. The van der Waals surface area contributed by atoms with Crippen LogP contribution < -0.4 is 4.74 Å².